The van der Waals surface area contributed by atoms with E-state index in [1.54, 1.807) is 0 Å². The second-order valence-corrected chi connectivity index (χ2v) is 26.2. The molecule has 0 rings (SSSR count). The van der Waals surface area contributed by atoms with E-state index in [-0.39, 0.29) is 19.3 Å². The van der Waals surface area contributed by atoms with Gasteiger partial charge in [0, 0.05) is 19.3 Å². The molecule has 0 spiro atoms. The Labute approximate surface area is 540 Å². The van der Waals surface area contributed by atoms with E-state index in [0.717, 1.165) is 148 Å². The second-order valence-electron chi connectivity index (χ2n) is 23.3. The van der Waals surface area contributed by atoms with Crippen LogP contribution in [0.4, 0.5) is 0 Å². The number of aliphatic hydroxyl groups excluding tert-OH is 2. The van der Waals surface area contributed by atoms with Gasteiger partial charge in [-0.25, -0.2) is 9.13 Å². The molecule has 16 nitrogen and oxygen atoms in total. The molecule has 0 aliphatic rings. The van der Waals surface area contributed by atoms with Crippen molar-refractivity contribution >= 4 is 33.6 Å². The first-order valence-electron chi connectivity index (χ1n) is 34.9. The fraction of sp³-hybridized carbons (Fsp3) is 0.761. The van der Waals surface area contributed by atoms with Gasteiger partial charge in [-0.15, -0.1) is 0 Å². The summed E-state index contributed by atoms with van der Waals surface area (Å²) in [5.41, 5.74) is 0. The normalized spacial score (nSPS) is 14.7. The van der Waals surface area contributed by atoms with Gasteiger partial charge in [-0.05, 0) is 122 Å². The minimum Gasteiger partial charge on any atom is -0.463 e. The summed E-state index contributed by atoms with van der Waals surface area (Å²) in [4.78, 5) is 58.4. The van der Waals surface area contributed by atoms with Crippen molar-refractivity contribution < 1.29 is 75.8 Å². The molecule has 0 heterocycles. The summed E-state index contributed by atoms with van der Waals surface area (Å²) in [5, 5.41) is 20.5. The van der Waals surface area contributed by atoms with Crippen LogP contribution in [-0.2, 0) is 55.8 Å². The Morgan fingerprint density at radius 1 is 0.315 bits per heavy atom. The number of carbonyl (C=O) groups excluding carboxylic acids is 3. The van der Waals surface area contributed by atoms with Crippen molar-refractivity contribution in [3.8, 4) is 0 Å². The standard InChI is InChI=1S/C71H126O16P2/c1-4-7-10-13-16-19-22-25-28-30-32-34-37-39-42-45-48-51-54-57-69(74)81-60-66(72)61-83-88(77,78)84-62-67(73)63-85-89(79,80)86-65-68(87-71(76)59-56-53-50-47-44-41-36-27-24-21-18-15-12-9-6-3)64-82-70(75)58-55-52-49-46-43-40-38-35-33-31-29-26-23-20-17-14-11-8-5-2/h16-17,19-20,25-29,32-36,66-68,72-73H,4-15,18,21-24,30-31,37-65H2,1-3H3,(H,77,78)(H,79,80)/b19-16-,20-17-,28-25-,29-26-,34-32-,35-33-,36-27-. The maximum Gasteiger partial charge on any atom is 0.472 e. The lowest BCUT2D eigenvalue weighted by molar-refractivity contribution is -0.161. The van der Waals surface area contributed by atoms with Gasteiger partial charge in [-0.2, -0.15) is 0 Å². The third kappa shape index (κ3) is 66.0. The van der Waals surface area contributed by atoms with Crippen molar-refractivity contribution in [2.75, 3.05) is 39.6 Å². The van der Waals surface area contributed by atoms with Crippen LogP contribution in [0.3, 0.4) is 0 Å². The SMILES string of the molecule is CCCCC/C=C\C/C=C\C/C=C\CCCCCCCCC(=O)OCC(O)COP(=O)(O)OCC(O)COP(=O)(O)OCC(COC(=O)CCCCCCCC/C=C\C/C=C\C/C=C\CCCCC)OC(=O)CCCCCCC/C=C\CCCCCCCC. The van der Waals surface area contributed by atoms with Crippen LogP contribution >= 0.6 is 15.6 Å². The lowest BCUT2D eigenvalue weighted by Gasteiger charge is -2.21. The summed E-state index contributed by atoms with van der Waals surface area (Å²) < 4.78 is 60.9. The van der Waals surface area contributed by atoms with Crippen molar-refractivity contribution in [3.63, 3.8) is 0 Å². The molecule has 0 aromatic carbocycles. The highest BCUT2D eigenvalue weighted by atomic mass is 31.2. The van der Waals surface area contributed by atoms with Crippen molar-refractivity contribution in [2.24, 2.45) is 0 Å². The van der Waals surface area contributed by atoms with Gasteiger partial charge in [0.2, 0.25) is 0 Å². The molecule has 0 radical (unpaired) electrons. The van der Waals surface area contributed by atoms with Crippen LogP contribution in [0.25, 0.3) is 0 Å². The zero-order valence-electron chi connectivity index (χ0n) is 55.8. The molecule has 18 heteroatoms. The molecule has 516 valence electrons. The fourth-order valence-electron chi connectivity index (χ4n) is 9.17. The fourth-order valence-corrected chi connectivity index (χ4v) is 10.8. The number of unbranched alkanes of at least 4 members (excludes halogenated alkanes) is 29. The van der Waals surface area contributed by atoms with Gasteiger partial charge >= 0.3 is 33.6 Å². The number of hydrogen-bond donors (Lipinski definition) is 4. The van der Waals surface area contributed by atoms with Crippen molar-refractivity contribution in [2.45, 2.75) is 309 Å². The zero-order valence-corrected chi connectivity index (χ0v) is 57.6. The van der Waals surface area contributed by atoms with E-state index in [4.69, 9.17) is 32.3 Å². The number of esters is 3. The Morgan fingerprint density at radius 3 is 0.921 bits per heavy atom. The second kappa shape index (κ2) is 64.8. The maximum atomic E-state index is 12.9. The number of phosphoric ester groups is 2. The van der Waals surface area contributed by atoms with Crippen LogP contribution in [0.1, 0.15) is 290 Å². The molecule has 0 aliphatic heterocycles. The summed E-state index contributed by atoms with van der Waals surface area (Å²) in [6.45, 7) is 2.59. The van der Waals surface area contributed by atoms with Crippen molar-refractivity contribution in [1.29, 1.82) is 0 Å². The van der Waals surface area contributed by atoms with E-state index in [1.807, 2.05) is 0 Å². The van der Waals surface area contributed by atoms with Gasteiger partial charge in [0.25, 0.3) is 0 Å². The Bertz CT molecular complexity index is 1970. The smallest absolute Gasteiger partial charge is 0.463 e. The monoisotopic (exact) mass is 1300 g/mol. The first kappa shape index (κ1) is 85.7. The van der Waals surface area contributed by atoms with E-state index in [2.05, 4.69) is 106 Å². The lowest BCUT2D eigenvalue weighted by atomic mass is 10.1. The molecule has 4 N–H and O–H groups in total. The van der Waals surface area contributed by atoms with Gasteiger partial charge < -0.3 is 34.2 Å². The van der Waals surface area contributed by atoms with E-state index < -0.39 is 91.5 Å². The molecule has 89 heavy (non-hydrogen) atoms. The van der Waals surface area contributed by atoms with Gasteiger partial charge in [0.05, 0.1) is 26.4 Å². The first-order chi connectivity index (χ1) is 43.2. The Kier molecular flexibility index (Phi) is 62.4. The van der Waals surface area contributed by atoms with Crippen molar-refractivity contribution in [3.05, 3.63) is 85.1 Å². The minimum absolute atomic E-state index is 0.0918. The molecule has 0 saturated carbocycles. The van der Waals surface area contributed by atoms with E-state index >= 15 is 0 Å². The number of rotatable bonds is 66. The molecular formula is C71H126O16P2. The lowest BCUT2D eigenvalue weighted by Crippen LogP contribution is -2.30. The molecule has 0 saturated heterocycles. The molecule has 5 unspecified atom stereocenters. The number of hydrogen-bond acceptors (Lipinski definition) is 14. The Balaban J connectivity index is 4.70. The molecule has 5 atom stereocenters. The number of phosphoric acid groups is 2. The Hall–Kier alpha value is -3.27. The third-order valence-electron chi connectivity index (χ3n) is 14.6. The summed E-state index contributed by atoms with van der Waals surface area (Å²) in [6.07, 6.45) is 69.1. The highest BCUT2D eigenvalue weighted by Gasteiger charge is 2.29. The molecular weight excluding hydrogens is 1170 g/mol. The van der Waals surface area contributed by atoms with Crippen LogP contribution in [0, 0.1) is 0 Å². The summed E-state index contributed by atoms with van der Waals surface area (Å²) in [5.74, 6) is -1.60. The summed E-state index contributed by atoms with van der Waals surface area (Å²) >= 11 is 0. The zero-order chi connectivity index (χ0) is 65.3. The number of carbonyl (C=O) groups is 3. The third-order valence-corrected chi connectivity index (χ3v) is 16.5. The largest absolute Gasteiger partial charge is 0.472 e. The summed E-state index contributed by atoms with van der Waals surface area (Å²) in [6, 6.07) is 0. The first-order valence-corrected chi connectivity index (χ1v) is 37.9. The topological polar surface area (TPSA) is 231 Å². The summed E-state index contributed by atoms with van der Waals surface area (Å²) in [7, 11) is -9.78. The molecule has 0 amide bonds. The highest BCUT2D eigenvalue weighted by Crippen LogP contribution is 2.45. The van der Waals surface area contributed by atoms with E-state index in [9.17, 15) is 43.5 Å². The predicted octanol–water partition coefficient (Wildman–Crippen LogP) is 19.3. The van der Waals surface area contributed by atoms with E-state index in [1.165, 1.54) is 83.5 Å². The van der Waals surface area contributed by atoms with Gasteiger partial charge in [0.1, 0.15) is 25.4 Å². The number of aliphatic hydroxyl groups is 2. The van der Waals surface area contributed by atoms with Crippen LogP contribution in [0.2, 0.25) is 0 Å². The maximum absolute atomic E-state index is 12.9. The van der Waals surface area contributed by atoms with Crippen LogP contribution < -0.4 is 0 Å². The average molecular weight is 1300 g/mol. The number of allylic oxidation sites excluding steroid dienone is 14. The van der Waals surface area contributed by atoms with Crippen LogP contribution in [-0.4, -0.2) is 95.9 Å². The Morgan fingerprint density at radius 2 is 0.562 bits per heavy atom. The highest BCUT2D eigenvalue weighted by molar-refractivity contribution is 7.47. The molecule has 0 bridgehead atoms. The minimum atomic E-state index is -4.93. The average Bonchev–Trinajstić information content (AvgIpc) is 3.54. The molecule has 0 aromatic rings. The van der Waals surface area contributed by atoms with Crippen LogP contribution in [0.5, 0.6) is 0 Å². The number of ether oxygens (including phenoxy) is 3. The van der Waals surface area contributed by atoms with E-state index in [0.29, 0.717) is 19.3 Å². The van der Waals surface area contributed by atoms with Crippen molar-refractivity contribution in [1.82, 2.24) is 0 Å². The predicted molar refractivity (Wildman–Crippen MR) is 362 cm³/mol. The van der Waals surface area contributed by atoms with Crippen LogP contribution in [0.15, 0.2) is 85.1 Å². The van der Waals surface area contributed by atoms with Gasteiger partial charge in [-0.3, -0.25) is 32.5 Å². The van der Waals surface area contributed by atoms with Gasteiger partial charge in [-0.1, -0.05) is 234 Å². The molecule has 0 fully saturated rings. The quantitative estimate of drug-likeness (QED) is 0.0146. The van der Waals surface area contributed by atoms with Gasteiger partial charge in [0.15, 0.2) is 6.10 Å². The molecule has 0 aromatic heterocycles. The molecule has 0 aliphatic carbocycles.